The van der Waals surface area contributed by atoms with Crippen LogP contribution in [0.1, 0.15) is 37.8 Å². The van der Waals surface area contributed by atoms with Crippen LogP contribution in [0.3, 0.4) is 0 Å². The predicted octanol–water partition coefficient (Wildman–Crippen LogP) is 2.98. The summed E-state index contributed by atoms with van der Waals surface area (Å²) in [6.45, 7) is 4.94. The molecule has 0 aromatic heterocycles. The van der Waals surface area contributed by atoms with Gasteiger partial charge in [-0.15, -0.1) is 0 Å². The van der Waals surface area contributed by atoms with Gasteiger partial charge in [-0.3, -0.25) is 0 Å². The van der Waals surface area contributed by atoms with Crippen molar-refractivity contribution in [3.05, 3.63) is 35.1 Å². The Morgan fingerprint density at radius 2 is 2.25 bits per heavy atom. The number of nitrogens with zero attached hydrogens (tertiary/aromatic N) is 1. The van der Waals surface area contributed by atoms with Crippen LogP contribution in [0.25, 0.3) is 0 Å². The normalized spacial score (nSPS) is 12.1. The smallest absolute Gasteiger partial charge is 0.140 e. The molecule has 0 aliphatic heterocycles. The first-order valence-corrected chi connectivity index (χ1v) is 5.59. The Morgan fingerprint density at radius 3 is 2.88 bits per heavy atom. The van der Waals surface area contributed by atoms with Crippen molar-refractivity contribution in [3.8, 4) is 6.07 Å². The molecule has 0 radical (unpaired) electrons. The third-order valence-corrected chi connectivity index (χ3v) is 2.53. The van der Waals surface area contributed by atoms with E-state index in [1.807, 2.05) is 6.07 Å². The molecule has 2 nitrogen and oxygen atoms in total. The molecule has 1 rings (SSSR count). The average Bonchev–Trinajstić information content (AvgIpc) is 2.28. The summed E-state index contributed by atoms with van der Waals surface area (Å²) in [4.78, 5) is 0. The van der Waals surface area contributed by atoms with Gasteiger partial charge in [-0.05, 0) is 31.0 Å². The van der Waals surface area contributed by atoms with Crippen LogP contribution in [-0.2, 0) is 6.54 Å². The number of nitriles is 1. The summed E-state index contributed by atoms with van der Waals surface area (Å²) < 4.78 is 13.0. The highest BCUT2D eigenvalue weighted by Gasteiger charge is 2.04. The zero-order valence-corrected chi connectivity index (χ0v) is 9.76. The third-order valence-electron chi connectivity index (χ3n) is 2.53. The van der Waals surface area contributed by atoms with Crippen molar-refractivity contribution in [2.45, 2.75) is 39.3 Å². The van der Waals surface area contributed by atoms with Crippen molar-refractivity contribution in [2.24, 2.45) is 0 Å². The van der Waals surface area contributed by atoms with Gasteiger partial charge >= 0.3 is 0 Å². The first kappa shape index (κ1) is 12.7. The fourth-order valence-corrected chi connectivity index (χ4v) is 1.60. The number of halogens is 1. The van der Waals surface area contributed by atoms with Crippen molar-refractivity contribution >= 4 is 0 Å². The Balaban J connectivity index is 2.58. The molecule has 0 aliphatic rings. The summed E-state index contributed by atoms with van der Waals surface area (Å²) >= 11 is 0. The minimum Gasteiger partial charge on any atom is -0.310 e. The second-order valence-corrected chi connectivity index (χ2v) is 4.00. The van der Waals surface area contributed by atoms with E-state index in [1.165, 1.54) is 6.07 Å². The molecule has 0 saturated heterocycles. The lowest BCUT2D eigenvalue weighted by Crippen LogP contribution is -2.25. The third kappa shape index (κ3) is 3.63. The Labute approximate surface area is 96.1 Å². The van der Waals surface area contributed by atoms with Crippen LogP contribution in [0, 0.1) is 17.1 Å². The molecule has 1 aromatic rings. The molecule has 0 fully saturated rings. The van der Waals surface area contributed by atoms with Gasteiger partial charge in [0.25, 0.3) is 0 Å². The lowest BCUT2D eigenvalue weighted by atomic mass is 10.1. The van der Waals surface area contributed by atoms with Gasteiger partial charge in [0.15, 0.2) is 0 Å². The number of benzene rings is 1. The lowest BCUT2D eigenvalue weighted by molar-refractivity contribution is 0.508. The maximum atomic E-state index is 13.0. The summed E-state index contributed by atoms with van der Waals surface area (Å²) in [6, 6.07) is 6.95. The molecule has 0 aliphatic carbocycles. The second-order valence-electron chi connectivity index (χ2n) is 4.00. The van der Waals surface area contributed by atoms with Crippen LogP contribution in [-0.4, -0.2) is 6.04 Å². The predicted molar refractivity (Wildman–Crippen MR) is 62.3 cm³/mol. The molecule has 0 amide bonds. The van der Waals surface area contributed by atoms with Gasteiger partial charge < -0.3 is 5.32 Å². The van der Waals surface area contributed by atoms with Gasteiger partial charge in [0.2, 0.25) is 0 Å². The highest BCUT2D eigenvalue weighted by molar-refractivity contribution is 5.34. The molecule has 0 spiro atoms. The topological polar surface area (TPSA) is 35.8 Å². The Kier molecular flexibility index (Phi) is 4.94. The van der Waals surface area contributed by atoms with Crippen molar-refractivity contribution in [3.63, 3.8) is 0 Å². The molecule has 1 aromatic carbocycles. The van der Waals surface area contributed by atoms with Gasteiger partial charge in [-0.25, -0.2) is 4.39 Å². The quantitative estimate of drug-likeness (QED) is 0.828. The fraction of sp³-hybridized carbons (Fsp3) is 0.462. The molecule has 86 valence electrons. The SMILES string of the molecule is CCCC(C)NCc1ccc(F)c(C#N)c1. The van der Waals surface area contributed by atoms with Crippen LogP contribution < -0.4 is 5.32 Å². The van der Waals surface area contributed by atoms with E-state index < -0.39 is 5.82 Å². The number of hydrogen-bond acceptors (Lipinski definition) is 2. The van der Waals surface area contributed by atoms with Gasteiger partial charge in [-0.2, -0.15) is 5.26 Å². The Hall–Kier alpha value is -1.40. The van der Waals surface area contributed by atoms with Gasteiger partial charge in [0, 0.05) is 12.6 Å². The standard InChI is InChI=1S/C13H17FN2/c1-3-4-10(2)16-9-11-5-6-13(14)12(7-11)8-15/h5-7,10,16H,3-4,9H2,1-2H3. The summed E-state index contributed by atoms with van der Waals surface area (Å²) in [7, 11) is 0. The number of hydrogen-bond donors (Lipinski definition) is 1. The molecule has 1 N–H and O–H groups in total. The zero-order chi connectivity index (χ0) is 12.0. The monoisotopic (exact) mass is 220 g/mol. The molecule has 16 heavy (non-hydrogen) atoms. The van der Waals surface area contributed by atoms with Gasteiger partial charge in [0.05, 0.1) is 5.56 Å². The minimum atomic E-state index is -0.451. The molecule has 0 bridgehead atoms. The van der Waals surface area contributed by atoms with Crippen LogP contribution in [0.5, 0.6) is 0 Å². The van der Waals surface area contributed by atoms with E-state index in [1.54, 1.807) is 12.1 Å². The number of rotatable bonds is 5. The Morgan fingerprint density at radius 1 is 1.50 bits per heavy atom. The van der Waals surface area contributed by atoms with Crippen LogP contribution >= 0.6 is 0 Å². The van der Waals surface area contributed by atoms with Crippen LogP contribution in [0.15, 0.2) is 18.2 Å². The minimum absolute atomic E-state index is 0.113. The molecule has 0 saturated carbocycles. The average molecular weight is 220 g/mol. The molecular weight excluding hydrogens is 203 g/mol. The van der Waals surface area contributed by atoms with Crippen molar-refractivity contribution in [1.29, 1.82) is 5.26 Å². The van der Waals surface area contributed by atoms with Crippen LogP contribution in [0.4, 0.5) is 4.39 Å². The van der Waals surface area contributed by atoms with Crippen molar-refractivity contribution in [2.75, 3.05) is 0 Å². The Bertz CT molecular complexity index is 382. The van der Waals surface area contributed by atoms with E-state index in [-0.39, 0.29) is 5.56 Å². The second kappa shape index (κ2) is 6.24. The first-order chi connectivity index (χ1) is 7.67. The molecule has 1 atom stereocenters. The highest BCUT2D eigenvalue weighted by Crippen LogP contribution is 2.09. The van der Waals surface area contributed by atoms with Crippen molar-refractivity contribution < 1.29 is 4.39 Å². The molecule has 0 heterocycles. The van der Waals surface area contributed by atoms with E-state index in [9.17, 15) is 4.39 Å². The maximum absolute atomic E-state index is 13.0. The van der Waals surface area contributed by atoms with Crippen LogP contribution in [0.2, 0.25) is 0 Å². The van der Waals surface area contributed by atoms with Gasteiger partial charge in [-0.1, -0.05) is 19.4 Å². The van der Waals surface area contributed by atoms with E-state index >= 15 is 0 Å². The summed E-state index contributed by atoms with van der Waals surface area (Å²) in [6.07, 6.45) is 2.26. The molecular formula is C13H17FN2. The fourth-order valence-electron chi connectivity index (χ4n) is 1.60. The van der Waals surface area contributed by atoms with E-state index in [4.69, 9.17) is 5.26 Å². The van der Waals surface area contributed by atoms with E-state index in [0.717, 1.165) is 18.4 Å². The summed E-state index contributed by atoms with van der Waals surface area (Å²) in [5, 5.41) is 12.0. The zero-order valence-electron chi connectivity index (χ0n) is 9.76. The summed E-state index contributed by atoms with van der Waals surface area (Å²) in [5.41, 5.74) is 1.06. The van der Waals surface area contributed by atoms with Gasteiger partial charge in [0.1, 0.15) is 11.9 Å². The van der Waals surface area contributed by atoms with Crippen molar-refractivity contribution in [1.82, 2.24) is 5.32 Å². The van der Waals surface area contributed by atoms with E-state index in [2.05, 4.69) is 19.2 Å². The summed E-state index contributed by atoms with van der Waals surface area (Å²) in [5.74, 6) is -0.451. The molecule has 3 heteroatoms. The largest absolute Gasteiger partial charge is 0.310 e. The van der Waals surface area contributed by atoms with E-state index in [0.29, 0.717) is 12.6 Å². The molecule has 1 unspecified atom stereocenters. The number of nitrogens with one attached hydrogen (secondary N) is 1. The highest BCUT2D eigenvalue weighted by atomic mass is 19.1. The maximum Gasteiger partial charge on any atom is 0.140 e. The lowest BCUT2D eigenvalue weighted by Gasteiger charge is -2.12. The first-order valence-electron chi connectivity index (χ1n) is 5.59.